The van der Waals surface area contributed by atoms with E-state index in [9.17, 15) is 21.6 Å². The highest BCUT2D eigenvalue weighted by Crippen LogP contribution is 2.45. The van der Waals surface area contributed by atoms with Crippen LogP contribution in [0.1, 0.15) is 25.3 Å². The summed E-state index contributed by atoms with van der Waals surface area (Å²) < 4.78 is 64.8. The number of carboxylic acids is 1. The summed E-state index contributed by atoms with van der Waals surface area (Å²) in [4.78, 5) is 11.3. The number of sulfonamides is 1. The zero-order valence-corrected chi connectivity index (χ0v) is 19.3. The fourth-order valence-electron chi connectivity index (χ4n) is 4.31. The average Bonchev–Trinajstić information content (AvgIpc) is 3.29. The Kier molecular flexibility index (Phi) is 8.70. The first-order valence-corrected chi connectivity index (χ1v) is 12.1. The summed E-state index contributed by atoms with van der Waals surface area (Å²) in [7, 11) is -1.43. The first kappa shape index (κ1) is 26.6. The highest BCUT2D eigenvalue weighted by atomic mass is 32.2. The monoisotopic (exact) mass is 484 g/mol. The average molecular weight is 485 g/mol. The highest BCUT2D eigenvalue weighted by molar-refractivity contribution is 7.88. The number of carbonyl (C=O) groups is 1. The van der Waals surface area contributed by atoms with E-state index in [1.807, 2.05) is 10.9 Å². The van der Waals surface area contributed by atoms with Crippen molar-refractivity contribution in [1.82, 2.24) is 19.0 Å². The van der Waals surface area contributed by atoms with Crippen LogP contribution in [0.5, 0.6) is 0 Å². The molecule has 1 aromatic rings. The van der Waals surface area contributed by atoms with Crippen LogP contribution in [0, 0.1) is 11.3 Å². The molecule has 1 aromatic heterocycles. The lowest BCUT2D eigenvalue weighted by Crippen LogP contribution is -2.45. The van der Waals surface area contributed by atoms with Gasteiger partial charge in [-0.1, -0.05) is 0 Å². The molecule has 1 N–H and O–H groups in total. The number of aliphatic carboxylic acids is 1. The number of ether oxygens (including phenoxy) is 1. The molecule has 1 atom stereocenters. The maximum absolute atomic E-state index is 12.0. The molecule has 32 heavy (non-hydrogen) atoms. The van der Waals surface area contributed by atoms with Crippen LogP contribution in [-0.2, 0) is 32.6 Å². The largest absolute Gasteiger partial charge is 0.490 e. The van der Waals surface area contributed by atoms with Gasteiger partial charge in [-0.05, 0) is 38.3 Å². The molecule has 2 saturated heterocycles. The molecule has 2 fully saturated rings. The normalized spacial score (nSPS) is 22.0. The molecule has 0 amide bonds. The standard InChI is InChI=1S/C17H30N4O3S.C2HF3O2/c1-4-20-11-15(9-18-20)10-19-7-5-17(6-8-19)14-21(25(3,22)23)12-16(17)13-24-2;3-2(4,5)1(6)7/h9,11,16H,4-8,10,12-14H2,1-3H3;(H,6,7). The van der Waals surface area contributed by atoms with Gasteiger partial charge in [0.15, 0.2) is 0 Å². The number of hydrogen-bond donors (Lipinski definition) is 1. The smallest absolute Gasteiger partial charge is 0.475 e. The van der Waals surface area contributed by atoms with Gasteiger partial charge >= 0.3 is 12.1 Å². The second-order valence-corrected chi connectivity index (χ2v) is 10.3. The number of rotatable bonds is 6. The van der Waals surface area contributed by atoms with Gasteiger partial charge in [-0.15, -0.1) is 0 Å². The summed E-state index contributed by atoms with van der Waals surface area (Å²) in [5, 5.41) is 11.5. The third-order valence-corrected chi connectivity index (χ3v) is 7.35. The van der Waals surface area contributed by atoms with E-state index in [4.69, 9.17) is 14.6 Å². The summed E-state index contributed by atoms with van der Waals surface area (Å²) in [6.45, 7) is 7.76. The minimum absolute atomic E-state index is 0.0587. The number of hydrogen-bond acceptors (Lipinski definition) is 6. The highest BCUT2D eigenvalue weighted by Gasteiger charge is 2.50. The van der Waals surface area contributed by atoms with E-state index in [-0.39, 0.29) is 11.3 Å². The molecule has 0 bridgehead atoms. The van der Waals surface area contributed by atoms with Crippen molar-refractivity contribution >= 4 is 16.0 Å². The van der Waals surface area contributed by atoms with Gasteiger partial charge in [0.25, 0.3) is 0 Å². The van der Waals surface area contributed by atoms with Gasteiger partial charge < -0.3 is 9.84 Å². The number of aryl methyl sites for hydroxylation is 1. The third-order valence-electron chi connectivity index (χ3n) is 6.13. The molecule has 1 unspecified atom stereocenters. The number of likely N-dealkylation sites (tertiary alicyclic amines) is 1. The van der Waals surface area contributed by atoms with Crippen LogP contribution in [0.25, 0.3) is 0 Å². The predicted octanol–water partition coefficient (Wildman–Crippen LogP) is 1.66. The lowest BCUT2D eigenvalue weighted by Gasteiger charge is -2.42. The molecule has 3 heterocycles. The molecule has 1 spiro atoms. The van der Waals surface area contributed by atoms with Gasteiger partial charge in [0.05, 0.1) is 19.1 Å². The van der Waals surface area contributed by atoms with Crippen molar-refractivity contribution in [2.24, 2.45) is 11.3 Å². The molecule has 0 saturated carbocycles. The summed E-state index contributed by atoms with van der Waals surface area (Å²) in [6, 6.07) is 0. The third kappa shape index (κ3) is 6.90. The maximum atomic E-state index is 12.0. The fraction of sp³-hybridized carbons (Fsp3) is 0.789. The fourth-order valence-corrected chi connectivity index (χ4v) is 5.25. The Hall–Kier alpha value is -1.70. The van der Waals surface area contributed by atoms with E-state index in [0.717, 1.165) is 39.0 Å². The first-order valence-electron chi connectivity index (χ1n) is 10.3. The van der Waals surface area contributed by atoms with Crippen LogP contribution in [-0.4, -0.2) is 90.8 Å². The summed E-state index contributed by atoms with van der Waals surface area (Å²) in [5.41, 5.74) is 1.30. The van der Waals surface area contributed by atoms with Crippen LogP contribution in [0.15, 0.2) is 12.4 Å². The Morgan fingerprint density at radius 2 is 1.94 bits per heavy atom. The number of piperidine rings is 1. The number of halogens is 3. The zero-order valence-electron chi connectivity index (χ0n) is 18.5. The topological polar surface area (TPSA) is 105 Å². The second kappa shape index (κ2) is 10.5. The molecular weight excluding hydrogens is 453 g/mol. The minimum atomic E-state index is -5.08. The molecule has 9 nitrogen and oxygen atoms in total. The van der Waals surface area contributed by atoms with Gasteiger partial charge in [0, 0.05) is 51.0 Å². The molecule has 0 aliphatic carbocycles. The van der Waals surface area contributed by atoms with Gasteiger partial charge in [-0.2, -0.15) is 18.3 Å². The van der Waals surface area contributed by atoms with Crippen LogP contribution in [0.2, 0.25) is 0 Å². The Morgan fingerprint density at radius 3 is 2.38 bits per heavy atom. The molecule has 0 radical (unpaired) electrons. The van der Waals surface area contributed by atoms with Crippen molar-refractivity contribution in [2.75, 3.05) is 46.2 Å². The number of methoxy groups -OCH3 is 1. The van der Waals surface area contributed by atoms with Crippen LogP contribution < -0.4 is 0 Å². The van der Waals surface area contributed by atoms with Crippen molar-refractivity contribution < 1.29 is 36.2 Å². The van der Waals surface area contributed by atoms with Crippen molar-refractivity contribution in [3.8, 4) is 0 Å². The minimum Gasteiger partial charge on any atom is -0.475 e. The van der Waals surface area contributed by atoms with Crippen LogP contribution >= 0.6 is 0 Å². The molecule has 13 heteroatoms. The summed E-state index contributed by atoms with van der Waals surface area (Å²) in [6.07, 6.45) is 2.34. The Labute approximate surface area is 186 Å². The van der Waals surface area contributed by atoms with E-state index in [1.165, 1.54) is 11.8 Å². The second-order valence-electron chi connectivity index (χ2n) is 8.35. The molecule has 184 valence electrons. The van der Waals surface area contributed by atoms with E-state index >= 15 is 0 Å². The van der Waals surface area contributed by atoms with Crippen LogP contribution in [0.4, 0.5) is 13.2 Å². The van der Waals surface area contributed by atoms with Gasteiger partial charge in [0.2, 0.25) is 10.0 Å². The SMILES string of the molecule is CCn1cc(CN2CCC3(CC2)CN(S(C)(=O)=O)CC3COC)cn1.O=C(O)C(F)(F)F. The van der Waals surface area contributed by atoms with E-state index < -0.39 is 22.2 Å². The van der Waals surface area contributed by atoms with Crippen molar-refractivity contribution in [2.45, 2.75) is 39.0 Å². The predicted molar refractivity (Wildman–Crippen MR) is 110 cm³/mol. The van der Waals surface area contributed by atoms with E-state index in [0.29, 0.717) is 19.7 Å². The van der Waals surface area contributed by atoms with Crippen LogP contribution in [0.3, 0.4) is 0 Å². The van der Waals surface area contributed by atoms with Gasteiger partial charge in [-0.3, -0.25) is 9.58 Å². The Balaban J connectivity index is 0.000000451. The summed E-state index contributed by atoms with van der Waals surface area (Å²) in [5.74, 6) is -2.47. The molecular formula is C19H31F3N4O5S. The van der Waals surface area contributed by atoms with Gasteiger partial charge in [0.1, 0.15) is 0 Å². The number of aromatic nitrogens is 2. The maximum Gasteiger partial charge on any atom is 0.490 e. The van der Waals surface area contributed by atoms with Crippen molar-refractivity contribution in [3.63, 3.8) is 0 Å². The van der Waals surface area contributed by atoms with Crippen molar-refractivity contribution in [1.29, 1.82) is 0 Å². The van der Waals surface area contributed by atoms with E-state index in [2.05, 4.69) is 23.1 Å². The number of alkyl halides is 3. The summed E-state index contributed by atoms with van der Waals surface area (Å²) >= 11 is 0. The van der Waals surface area contributed by atoms with Crippen molar-refractivity contribution in [3.05, 3.63) is 18.0 Å². The molecule has 0 aromatic carbocycles. The molecule has 2 aliphatic heterocycles. The zero-order chi connectivity index (χ0) is 24.2. The quantitative estimate of drug-likeness (QED) is 0.655. The number of nitrogens with zero attached hydrogens (tertiary/aromatic N) is 4. The van der Waals surface area contributed by atoms with Gasteiger partial charge in [-0.25, -0.2) is 17.5 Å². The lowest BCUT2D eigenvalue weighted by atomic mass is 9.71. The Morgan fingerprint density at radius 1 is 1.34 bits per heavy atom. The van der Waals surface area contributed by atoms with E-state index in [1.54, 1.807) is 11.4 Å². The molecule has 2 aliphatic rings. The Bertz CT molecular complexity index is 867. The lowest BCUT2D eigenvalue weighted by molar-refractivity contribution is -0.192. The molecule has 3 rings (SSSR count). The first-order chi connectivity index (χ1) is 14.8. The number of carboxylic acid groups (broad SMARTS) is 1.